The predicted molar refractivity (Wildman–Crippen MR) is 75.5 cm³/mol. The largest absolute Gasteiger partial charge is 0.340 e. The number of nitrogens with zero attached hydrogens (tertiary/aromatic N) is 1. The van der Waals surface area contributed by atoms with Crippen molar-refractivity contribution in [2.45, 2.75) is 25.3 Å². The number of aromatic nitrogens is 1. The molecule has 1 fully saturated rings. The molecule has 90 valence electrons. The number of hydrogen-bond acceptors (Lipinski definition) is 0. The van der Waals surface area contributed by atoms with Gasteiger partial charge in [0.25, 0.3) is 0 Å². The first kappa shape index (κ1) is 10.2. The van der Waals surface area contributed by atoms with Crippen LogP contribution in [-0.2, 0) is 0 Å². The molecule has 0 radical (unpaired) electrons. The minimum atomic E-state index is 0.583. The van der Waals surface area contributed by atoms with E-state index in [0.29, 0.717) is 6.04 Å². The molecule has 1 heteroatoms. The van der Waals surface area contributed by atoms with Gasteiger partial charge in [0.05, 0.1) is 6.04 Å². The molecule has 0 spiro atoms. The van der Waals surface area contributed by atoms with E-state index in [1.165, 1.54) is 30.2 Å². The zero-order valence-electron chi connectivity index (χ0n) is 10.4. The van der Waals surface area contributed by atoms with Gasteiger partial charge in [0.1, 0.15) is 0 Å². The van der Waals surface area contributed by atoms with Gasteiger partial charge in [0.15, 0.2) is 0 Å². The number of rotatable bonds is 1. The Kier molecular flexibility index (Phi) is 2.19. The molecule has 1 aromatic heterocycles. The molecule has 1 aromatic carbocycles. The Hall–Kier alpha value is -1.76. The fourth-order valence-corrected chi connectivity index (χ4v) is 3.56. The summed E-state index contributed by atoms with van der Waals surface area (Å²) in [6, 6.07) is 11.5. The van der Waals surface area contributed by atoms with Gasteiger partial charge in [-0.2, -0.15) is 0 Å². The lowest BCUT2D eigenvalue weighted by atomic mass is 9.93. The second-order valence-electron chi connectivity index (χ2n) is 5.40. The quantitative estimate of drug-likeness (QED) is 0.687. The lowest BCUT2D eigenvalue weighted by molar-refractivity contribution is 0.605. The summed E-state index contributed by atoms with van der Waals surface area (Å²) in [6.45, 7) is 0. The average molecular weight is 235 g/mol. The highest BCUT2D eigenvalue weighted by atomic mass is 15.0. The van der Waals surface area contributed by atoms with Crippen LogP contribution >= 0.6 is 0 Å². The van der Waals surface area contributed by atoms with E-state index in [1.807, 2.05) is 0 Å². The molecule has 0 aliphatic heterocycles. The van der Waals surface area contributed by atoms with Crippen LogP contribution in [0.4, 0.5) is 0 Å². The van der Waals surface area contributed by atoms with Crippen molar-refractivity contribution in [3.05, 3.63) is 60.3 Å². The van der Waals surface area contributed by atoms with Gasteiger partial charge in [-0.25, -0.2) is 0 Å². The van der Waals surface area contributed by atoms with Crippen molar-refractivity contribution >= 4 is 10.9 Å². The van der Waals surface area contributed by atoms with Crippen molar-refractivity contribution in [3.8, 4) is 0 Å². The Labute approximate surface area is 107 Å². The van der Waals surface area contributed by atoms with Crippen LogP contribution in [0, 0.1) is 5.92 Å². The third-order valence-electron chi connectivity index (χ3n) is 4.46. The third-order valence-corrected chi connectivity index (χ3v) is 4.46. The molecule has 18 heavy (non-hydrogen) atoms. The fourth-order valence-electron chi connectivity index (χ4n) is 3.56. The Morgan fingerprint density at radius 3 is 3.00 bits per heavy atom. The molecule has 2 aromatic rings. The number of para-hydroxylation sites is 1. The Balaban J connectivity index is 1.83. The number of benzene rings is 1. The monoisotopic (exact) mass is 235 g/mol. The van der Waals surface area contributed by atoms with Crippen LogP contribution in [0.15, 0.2) is 60.3 Å². The molecule has 2 atom stereocenters. The zero-order valence-corrected chi connectivity index (χ0v) is 10.4. The summed E-state index contributed by atoms with van der Waals surface area (Å²) in [4.78, 5) is 0. The van der Waals surface area contributed by atoms with Crippen LogP contribution in [0.2, 0.25) is 0 Å². The van der Waals surface area contributed by atoms with Crippen molar-refractivity contribution in [3.63, 3.8) is 0 Å². The van der Waals surface area contributed by atoms with E-state index in [0.717, 1.165) is 5.92 Å². The summed E-state index contributed by atoms with van der Waals surface area (Å²) in [6.07, 6.45) is 13.0. The summed E-state index contributed by atoms with van der Waals surface area (Å²) in [5.74, 6) is 0.793. The lowest BCUT2D eigenvalue weighted by Crippen LogP contribution is -2.09. The molecule has 0 bridgehead atoms. The molecule has 1 nitrogen and oxygen atoms in total. The molecule has 0 amide bonds. The number of hydrogen-bond donors (Lipinski definition) is 0. The van der Waals surface area contributed by atoms with E-state index < -0.39 is 0 Å². The zero-order chi connectivity index (χ0) is 11.9. The van der Waals surface area contributed by atoms with Crippen LogP contribution in [-0.4, -0.2) is 4.57 Å². The Morgan fingerprint density at radius 1 is 1.06 bits per heavy atom. The lowest BCUT2D eigenvalue weighted by Gasteiger charge is -2.20. The average Bonchev–Trinajstić information content (AvgIpc) is 3.01. The topological polar surface area (TPSA) is 4.93 Å². The van der Waals surface area contributed by atoms with Gasteiger partial charge in [-0.3, -0.25) is 0 Å². The van der Waals surface area contributed by atoms with Gasteiger partial charge < -0.3 is 4.57 Å². The van der Waals surface area contributed by atoms with Crippen molar-refractivity contribution < 1.29 is 0 Å². The molecule has 2 aliphatic carbocycles. The van der Waals surface area contributed by atoms with Gasteiger partial charge in [0.2, 0.25) is 0 Å². The van der Waals surface area contributed by atoms with Crippen LogP contribution < -0.4 is 0 Å². The smallest absolute Gasteiger partial charge is 0.0552 e. The van der Waals surface area contributed by atoms with E-state index >= 15 is 0 Å². The van der Waals surface area contributed by atoms with Gasteiger partial charge >= 0.3 is 0 Å². The SMILES string of the molecule is C1=CCC2CCC(n3ccc4ccccc43)C2=C1. The minimum absolute atomic E-state index is 0.583. The first-order valence-corrected chi connectivity index (χ1v) is 6.86. The first-order chi connectivity index (χ1) is 8.93. The van der Waals surface area contributed by atoms with E-state index in [4.69, 9.17) is 0 Å². The molecule has 1 heterocycles. The Bertz CT molecular complexity index is 644. The van der Waals surface area contributed by atoms with E-state index in [9.17, 15) is 0 Å². The predicted octanol–water partition coefficient (Wildman–Crippen LogP) is 4.48. The van der Waals surface area contributed by atoms with Gasteiger partial charge in [-0.1, -0.05) is 36.4 Å². The summed E-state index contributed by atoms with van der Waals surface area (Å²) in [7, 11) is 0. The molecular weight excluding hydrogens is 218 g/mol. The number of fused-ring (bicyclic) bond motifs is 2. The molecule has 0 N–H and O–H groups in total. The second-order valence-corrected chi connectivity index (χ2v) is 5.40. The number of allylic oxidation sites excluding steroid dienone is 4. The maximum Gasteiger partial charge on any atom is 0.0552 e. The standard InChI is InChI=1S/C17H17N/c1-3-7-15-13(5-1)9-10-17(15)18-12-11-14-6-2-4-8-16(14)18/h1-4,6-8,11-13,17H,5,9-10H2. The minimum Gasteiger partial charge on any atom is -0.340 e. The van der Waals surface area contributed by atoms with Crippen LogP contribution in [0.1, 0.15) is 25.3 Å². The van der Waals surface area contributed by atoms with E-state index in [1.54, 1.807) is 5.57 Å². The molecule has 0 saturated heterocycles. The van der Waals surface area contributed by atoms with Gasteiger partial charge in [-0.05, 0) is 48.3 Å². The maximum absolute atomic E-state index is 2.47. The van der Waals surface area contributed by atoms with E-state index in [2.05, 4.69) is 59.3 Å². The first-order valence-electron chi connectivity index (χ1n) is 6.86. The van der Waals surface area contributed by atoms with Crippen molar-refractivity contribution in [1.82, 2.24) is 4.57 Å². The van der Waals surface area contributed by atoms with Crippen LogP contribution in [0.3, 0.4) is 0 Å². The van der Waals surface area contributed by atoms with Crippen molar-refractivity contribution in [1.29, 1.82) is 0 Å². The van der Waals surface area contributed by atoms with E-state index in [-0.39, 0.29) is 0 Å². The van der Waals surface area contributed by atoms with Crippen molar-refractivity contribution in [2.24, 2.45) is 5.92 Å². The summed E-state index contributed by atoms with van der Waals surface area (Å²) < 4.78 is 2.47. The molecule has 4 rings (SSSR count). The van der Waals surface area contributed by atoms with Gasteiger partial charge in [0, 0.05) is 11.7 Å². The third kappa shape index (κ3) is 1.40. The van der Waals surface area contributed by atoms with Crippen molar-refractivity contribution in [2.75, 3.05) is 0 Å². The highest BCUT2D eigenvalue weighted by Gasteiger charge is 2.31. The fraction of sp³-hybridized carbons (Fsp3) is 0.294. The van der Waals surface area contributed by atoms with Gasteiger partial charge in [-0.15, -0.1) is 0 Å². The second kappa shape index (κ2) is 3.88. The highest BCUT2D eigenvalue weighted by molar-refractivity contribution is 5.80. The summed E-state index contributed by atoms with van der Waals surface area (Å²) in [5, 5.41) is 1.35. The maximum atomic E-state index is 2.47. The van der Waals surface area contributed by atoms with Crippen LogP contribution in [0.25, 0.3) is 10.9 Å². The molecule has 2 unspecified atom stereocenters. The van der Waals surface area contributed by atoms with Crippen LogP contribution in [0.5, 0.6) is 0 Å². The molecular formula is C17H17N. The molecule has 2 aliphatic rings. The summed E-state index contributed by atoms with van der Waals surface area (Å²) >= 11 is 0. The molecule has 1 saturated carbocycles. The highest BCUT2D eigenvalue weighted by Crippen LogP contribution is 2.44. The summed E-state index contributed by atoms with van der Waals surface area (Å²) in [5.41, 5.74) is 3.01. The normalized spacial score (nSPS) is 26.3. The Morgan fingerprint density at radius 2 is 2.00 bits per heavy atom.